The lowest BCUT2D eigenvalue weighted by molar-refractivity contribution is -0.117. The highest BCUT2D eigenvalue weighted by atomic mass is 16.5. The number of rotatable bonds is 8. The largest absolute Gasteiger partial charge is 0.497 e. The van der Waals surface area contributed by atoms with Gasteiger partial charge in [0.15, 0.2) is 0 Å². The van der Waals surface area contributed by atoms with E-state index in [1.165, 1.54) is 18.7 Å². The molecule has 166 valence electrons. The van der Waals surface area contributed by atoms with Crippen molar-refractivity contribution >= 4 is 23.2 Å². The zero-order valence-corrected chi connectivity index (χ0v) is 18.3. The highest BCUT2D eigenvalue weighted by molar-refractivity contribution is 5.92. The third-order valence-corrected chi connectivity index (χ3v) is 4.87. The molecular weight excluding hydrogens is 408 g/mol. The highest BCUT2D eigenvalue weighted by Crippen LogP contribution is 2.20. The van der Waals surface area contributed by atoms with Gasteiger partial charge in [0.05, 0.1) is 12.8 Å². The Hall–Kier alpha value is -3.94. The van der Waals surface area contributed by atoms with Gasteiger partial charge in [-0.25, -0.2) is 4.68 Å². The second kappa shape index (κ2) is 10.4. The van der Waals surface area contributed by atoms with E-state index in [2.05, 4.69) is 22.7 Å². The number of hydrogen-bond acceptors (Lipinski definition) is 5. The van der Waals surface area contributed by atoms with Gasteiger partial charge in [-0.3, -0.25) is 14.4 Å². The molecule has 8 nitrogen and oxygen atoms in total. The summed E-state index contributed by atoms with van der Waals surface area (Å²) < 4.78 is 6.22. The van der Waals surface area contributed by atoms with Crippen LogP contribution in [0.1, 0.15) is 25.8 Å². The Morgan fingerprint density at radius 2 is 1.75 bits per heavy atom. The quantitative estimate of drug-likeness (QED) is 0.565. The molecule has 0 bridgehead atoms. The van der Waals surface area contributed by atoms with Crippen LogP contribution in [0.15, 0.2) is 59.4 Å². The minimum Gasteiger partial charge on any atom is -0.497 e. The first-order valence-corrected chi connectivity index (χ1v) is 10.4. The van der Waals surface area contributed by atoms with Crippen LogP contribution < -0.4 is 20.9 Å². The van der Waals surface area contributed by atoms with Gasteiger partial charge in [-0.15, -0.1) is 0 Å². The number of hydrogen-bond donors (Lipinski definition) is 2. The van der Waals surface area contributed by atoms with E-state index in [0.29, 0.717) is 17.1 Å². The van der Waals surface area contributed by atoms with Crippen molar-refractivity contribution in [1.82, 2.24) is 9.78 Å². The molecule has 2 aromatic carbocycles. The second-order valence-corrected chi connectivity index (χ2v) is 7.14. The van der Waals surface area contributed by atoms with Crippen LogP contribution in [-0.4, -0.2) is 28.7 Å². The number of anilines is 2. The van der Waals surface area contributed by atoms with Crippen molar-refractivity contribution in [3.63, 3.8) is 0 Å². The highest BCUT2D eigenvalue weighted by Gasteiger charge is 2.15. The van der Waals surface area contributed by atoms with Crippen molar-refractivity contribution in [3.8, 4) is 17.0 Å². The van der Waals surface area contributed by atoms with Gasteiger partial charge in [0.2, 0.25) is 11.8 Å². The molecule has 0 saturated carbocycles. The van der Waals surface area contributed by atoms with Crippen molar-refractivity contribution in [3.05, 3.63) is 70.5 Å². The van der Waals surface area contributed by atoms with E-state index in [1.807, 2.05) is 24.3 Å². The van der Waals surface area contributed by atoms with Crippen molar-refractivity contribution in [2.75, 3.05) is 17.7 Å². The van der Waals surface area contributed by atoms with Gasteiger partial charge in [-0.2, -0.15) is 5.10 Å². The first-order valence-electron chi connectivity index (χ1n) is 10.4. The van der Waals surface area contributed by atoms with Crippen molar-refractivity contribution in [1.29, 1.82) is 0 Å². The first-order chi connectivity index (χ1) is 15.4. The molecule has 0 aliphatic heterocycles. The molecule has 1 aromatic heterocycles. The maximum Gasteiger partial charge on any atom is 0.291 e. The first kappa shape index (κ1) is 22.7. The maximum absolute atomic E-state index is 12.9. The molecule has 2 N–H and O–H groups in total. The molecular formula is C24H26N4O4. The fourth-order valence-electron chi connectivity index (χ4n) is 3.07. The van der Waals surface area contributed by atoms with Gasteiger partial charge in [0, 0.05) is 23.7 Å². The Morgan fingerprint density at radius 3 is 2.41 bits per heavy atom. The minimum atomic E-state index is -0.554. The fourth-order valence-corrected chi connectivity index (χ4v) is 3.07. The molecule has 0 aliphatic carbocycles. The predicted octanol–water partition coefficient (Wildman–Crippen LogP) is 3.47. The zero-order chi connectivity index (χ0) is 23.1. The second-order valence-electron chi connectivity index (χ2n) is 7.14. The molecule has 3 aromatic rings. The Kier molecular flexibility index (Phi) is 7.38. The molecule has 8 heteroatoms. The molecule has 0 saturated heterocycles. The van der Waals surface area contributed by atoms with E-state index in [9.17, 15) is 14.4 Å². The summed E-state index contributed by atoms with van der Waals surface area (Å²) in [6.07, 6.45) is 1.12. The number of nitrogens with one attached hydrogen (secondary N) is 2. The lowest BCUT2D eigenvalue weighted by Gasteiger charge is -2.12. The van der Waals surface area contributed by atoms with Gasteiger partial charge >= 0.3 is 0 Å². The molecule has 3 rings (SSSR count). The lowest BCUT2D eigenvalue weighted by Crippen LogP contribution is -2.32. The number of benzene rings is 2. The molecule has 0 atom stereocenters. The smallest absolute Gasteiger partial charge is 0.291 e. The average molecular weight is 434 g/mol. The van der Waals surface area contributed by atoms with Crippen LogP contribution >= 0.6 is 0 Å². The number of aryl methyl sites for hydroxylation is 1. The number of carbonyl (C=O) groups excluding carboxylic acids is 2. The molecule has 0 spiro atoms. The van der Waals surface area contributed by atoms with Gasteiger partial charge in [-0.1, -0.05) is 44.2 Å². The number of carbonyl (C=O) groups is 2. The fraction of sp³-hybridized carbons (Fsp3) is 0.250. The Labute approximate surface area is 186 Å². The van der Waals surface area contributed by atoms with Crippen LogP contribution in [0.5, 0.6) is 5.75 Å². The van der Waals surface area contributed by atoms with E-state index in [-0.39, 0.29) is 24.6 Å². The van der Waals surface area contributed by atoms with E-state index < -0.39 is 11.5 Å². The normalized spacial score (nSPS) is 10.5. The monoisotopic (exact) mass is 434 g/mol. The number of methoxy groups -OCH3 is 1. The summed E-state index contributed by atoms with van der Waals surface area (Å²) in [4.78, 5) is 37.4. The summed E-state index contributed by atoms with van der Waals surface area (Å²) in [5, 5.41) is 9.72. The molecule has 2 amide bonds. The Bertz CT molecular complexity index is 1170. The summed E-state index contributed by atoms with van der Waals surface area (Å²) in [5.74, 6) is -0.132. The van der Waals surface area contributed by atoms with E-state index in [1.54, 1.807) is 31.2 Å². The molecule has 0 unspecified atom stereocenters. The molecule has 32 heavy (non-hydrogen) atoms. The van der Waals surface area contributed by atoms with E-state index >= 15 is 0 Å². The molecule has 0 aliphatic rings. The number of aromatic nitrogens is 2. The average Bonchev–Trinajstić information content (AvgIpc) is 2.81. The van der Waals surface area contributed by atoms with Crippen LogP contribution in [0.25, 0.3) is 11.3 Å². The number of amides is 2. The van der Waals surface area contributed by atoms with Crippen LogP contribution in [0.2, 0.25) is 0 Å². The predicted molar refractivity (Wildman–Crippen MR) is 124 cm³/mol. The van der Waals surface area contributed by atoms with Crippen LogP contribution in [0.4, 0.5) is 11.4 Å². The number of ether oxygens (including phenoxy) is 1. The summed E-state index contributed by atoms with van der Waals surface area (Å²) in [7, 11) is 1.54. The third-order valence-electron chi connectivity index (χ3n) is 4.87. The SMILES string of the molecule is CCC(=O)Nc1cc(-c2ccc(CC)cc2)nn(CC(=O)Nc2cccc(OC)c2)c1=O. The molecule has 1 heterocycles. The van der Waals surface area contributed by atoms with Crippen LogP contribution in [0, 0.1) is 0 Å². The van der Waals surface area contributed by atoms with Crippen molar-refractivity contribution < 1.29 is 14.3 Å². The van der Waals surface area contributed by atoms with Crippen molar-refractivity contribution in [2.24, 2.45) is 0 Å². The summed E-state index contributed by atoms with van der Waals surface area (Å²) in [6.45, 7) is 3.44. The summed E-state index contributed by atoms with van der Waals surface area (Å²) in [6, 6.07) is 16.2. The van der Waals surface area contributed by atoms with E-state index in [0.717, 1.165) is 16.7 Å². The van der Waals surface area contributed by atoms with Crippen LogP contribution in [-0.2, 0) is 22.6 Å². The summed E-state index contributed by atoms with van der Waals surface area (Å²) >= 11 is 0. The van der Waals surface area contributed by atoms with Gasteiger partial charge in [-0.05, 0) is 30.2 Å². The Balaban J connectivity index is 1.93. The maximum atomic E-state index is 12.9. The summed E-state index contributed by atoms with van der Waals surface area (Å²) in [5.41, 5.74) is 2.48. The van der Waals surface area contributed by atoms with Crippen molar-refractivity contribution in [2.45, 2.75) is 33.2 Å². The van der Waals surface area contributed by atoms with E-state index in [4.69, 9.17) is 4.74 Å². The van der Waals surface area contributed by atoms with Gasteiger partial charge in [0.1, 0.15) is 18.0 Å². The van der Waals surface area contributed by atoms with Gasteiger partial charge < -0.3 is 15.4 Å². The topological polar surface area (TPSA) is 102 Å². The lowest BCUT2D eigenvalue weighted by atomic mass is 10.1. The number of nitrogens with zero attached hydrogens (tertiary/aromatic N) is 2. The molecule has 0 radical (unpaired) electrons. The zero-order valence-electron chi connectivity index (χ0n) is 18.3. The third kappa shape index (κ3) is 5.60. The minimum absolute atomic E-state index is 0.0793. The standard InChI is InChI=1S/C24H26N4O4/c1-4-16-9-11-17(12-10-16)20-14-21(26-22(29)5-2)24(31)28(27-20)15-23(30)25-18-7-6-8-19(13-18)32-3/h6-14H,4-5,15H2,1-3H3,(H,25,30)(H,26,29). The van der Waals surface area contributed by atoms with Gasteiger partial charge in [0.25, 0.3) is 5.56 Å². The molecule has 0 fully saturated rings. The van der Waals surface area contributed by atoms with Crippen LogP contribution in [0.3, 0.4) is 0 Å². The Morgan fingerprint density at radius 1 is 1.00 bits per heavy atom.